The molecule has 0 spiro atoms. The van der Waals surface area contributed by atoms with Crippen molar-refractivity contribution >= 4 is 33.1 Å². The quantitative estimate of drug-likeness (QED) is 0.681. The molecule has 1 aromatic heterocycles. The molecule has 3 aromatic rings. The number of aryl methyl sites for hydroxylation is 2. The zero-order valence-electron chi connectivity index (χ0n) is 15.2. The van der Waals surface area contributed by atoms with Crippen molar-refractivity contribution in [3.8, 4) is 0 Å². The fourth-order valence-electron chi connectivity index (χ4n) is 3.64. The lowest BCUT2D eigenvalue weighted by Gasteiger charge is -2.25. The Morgan fingerprint density at radius 2 is 1.88 bits per heavy atom. The highest BCUT2D eigenvalue weighted by molar-refractivity contribution is 7.18. The van der Waals surface area contributed by atoms with Gasteiger partial charge in [0.1, 0.15) is 0 Å². The fraction of sp³-hybridized carbons (Fsp3) is 0.333. The number of hydrogen-bond donors (Lipinski definition) is 0. The highest BCUT2D eigenvalue weighted by Crippen LogP contribution is 2.24. The average Bonchev–Trinajstić information content (AvgIpc) is 2.85. The summed E-state index contributed by atoms with van der Waals surface area (Å²) in [6, 6.07) is 14.4. The smallest absolute Gasteiger partial charge is 0.253 e. The molecule has 0 bridgehead atoms. The lowest BCUT2D eigenvalue weighted by Crippen LogP contribution is -2.35. The van der Waals surface area contributed by atoms with E-state index in [1.165, 1.54) is 11.3 Å². The Kier molecular flexibility index (Phi) is 4.64. The summed E-state index contributed by atoms with van der Waals surface area (Å²) in [5, 5.41) is 1.04. The number of rotatable bonds is 2. The molecule has 4 rings (SSSR count). The highest BCUT2D eigenvalue weighted by Gasteiger charge is 2.21. The van der Waals surface area contributed by atoms with Crippen LogP contribution in [0.2, 0.25) is 0 Å². The van der Waals surface area contributed by atoms with Crippen LogP contribution in [0, 0.1) is 13.8 Å². The summed E-state index contributed by atoms with van der Waals surface area (Å²) in [5.41, 5.74) is 4.24. The first-order valence-electron chi connectivity index (χ1n) is 9.09. The maximum Gasteiger partial charge on any atom is 0.253 e. The summed E-state index contributed by atoms with van der Waals surface area (Å²) in [6.45, 7) is 7.56. The van der Waals surface area contributed by atoms with E-state index in [4.69, 9.17) is 0 Å². The summed E-state index contributed by atoms with van der Waals surface area (Å²) in [4.78, 5) is 21.9. The van der Waals surface area contributed by atoms with Crippen molar-refractivity contribution in [2.75, 3.05) is 31.1 Å². The van der Waals surface area contributed by atoms with E-state index in [0.717, 1.165) is 53.4 Å². The maximum absolute atomic E-state index is 13.0. The molecular weight excluding hydrogens is 342 g/mol. The molecule has 1 saturated heterocycles. The first kappa shape index (κ1) is 17.0. The SMILES string of the molecule is Cc1nc2cc(C(=O)N3CCCN(c4ccccc4C)CC3)ccc2s1. The van der Waals surface area contributed by atoms with Crippen molar-refractivity contribution < 1.29 is 4.79 Å². The molecule has 0 aliphatic carbocycles. The van der Waals surface area contributed by atoms with E-state index in [1.54, 1.807) is 11.3 Å². The Balaban J connectivity index is 1.51. The van der Waals surface area contributed by atoms with Gasteiger partial charge in [0.05, 0.1) is 15.2 Å². The monoisotopic (exact) mass is 365 g/mol. The molecule has 134 valence electrons. The van der Waals surface area contributed by atoms with E-state index in [2.05, 4.69) is 41.1 Å². The molecule has 1 aliphatic heterocycles. The second kappa shape index (κ2) is 7.08. The Hall–Kier alpha value is -2.40. The fourth-order valence-corrected chi connectivity index (χ4v) is 4.45. The predicted octanol–water partition coefficient (Wildman–Crippen LogP) is 4.27. The summed E-state index contributed by atoms with van der Waals surface area (Å²) in [6.07, 6.45) is 0.984. The average molecular weight is 366 g/mol. The molecule has 4 nitrogen and oxygen atoms in total. The molecule has 0 unspecified atom stereocenters. The van der Waals surface area contributed by atoms with Crippen LogP contribution in [-0.4, -0.2) is 42.0 Å². The topological polar surface area (TPSA) is 36.4 Å². The highest BCUT2D eigenvalue weighted by atomic mass is 32.1. The Morgan fingerprint density at radius 3 is 2.73 bits per heavy atom. The second-order valence-electron chi connectivity index (χ2n) is 6.83. The maximum atomic E-state index is 13.0. The molecule has 26 heavy (non-hydrogen) atoms. The third-order valence-electron chi connectivity index (χ3n) is 4.98. The second-order valence-corrected chi connectivity index (χ2v) is 8.07. The van der Waals surface area contributed by atoms with Gasteiger partial charge < -0.3 is 9.80 Å². The standard InChI is InChI=1S/C21H23N3OS/c1-15-6-3-4-7-19(15)23-10-5-11-24(13-12-23)21(25)17-8-9-20-18(14-17)22-16(2)26-20/h3-4,6-9,14H,5,10-13H2,1-2H3. The number of fused-ring (bicyclic) bond motifs is 1. The largest absolute Gasteiger partial charge is 0.369 e. The molecule has 0 radical (unpaired) electrons. The van der Waals surface area contributed by atoms with E-state index in [-0.39, 0.29) is 5.91 Å². The molecule has 0 N–H and O–H groups in total. The number of thiazole rings is 1. The van der Waals surface area contributed by atoms with E-state index < -0.39 is 0 Å². The van der Waals surface area contributed by atoms with Crippen LogP contribution in [-0.2, 0) is 0 Å². The minimum Gasteiger partial charge on any atom is -0.369 e. The first-order valence-corrected chi connectivity index (χ1v) is 9.90. The van der Waals surface area contributed by atoms with Gasteiger partial charge in [0, 0.05) is 37.4 Å². The zero-order valence-corrected chi connectivity index (χ0v) is 16.1. The van der Waals surface area contributed by atoms with Crippen LogP contribution in [0.1, 0.15) is 27.3 Å². The van der Waals surface area contributed by atoms with E-state index in [0.29, 0.717) is 0 Å². The summed E-state index contributed by atoms with van der Waals surface area (Å²) >= 11 is 1.67. The minimum absolute atomic E-state index is 0.115. The van der Waals surface area contributed by atoms with Crippen molar-refractivity contribution in [2.24, 2.45) is 0 Å². The number of hydrogen-bond acceptors (Lipinski definition) is 4. The number of aromatic nitrogens is 1. The normalized spacial score (nSPS) is 15.3. The molecule has 2 heterocycles. The molecule has 5 heteroatoms. The summed E-state index contributed by atoms with van der Waals surface area (Å²) < 4.78 is 1.14. The van der Waals surface area contributed by atoms with Gasteiger partial charge in [0.25, 0.3) is 5.91 Å². The van der Waals surface area contributed by atoms with Crippen LogP contribution in [0.25, 0.3) is 10.2 Å². The Bertz CT molecular complexity index is 949. The molecular formula is C21H23N3OS. The number of carbonyl (C=O) groups excluding carboxylic acids is 1. The molecule has 2 aromatic carbocycles. The van der Waals surface area contributed by atoms with Crippen molar-refractivity contribution in [1.82, 2.24) is 9.88 Å². The lowest BCUT2D eigenvalue weighted by atomic mass is 10.2. The van der Waals surface area contributed by atoms with Crippen molar-refractivity contribution in [3.05, 3.63) is 58.6 Å². The van der Waals surface area contributed by atoms with Crippen molar-refractivity contribution in [3.63, 3.8) is 0 Å². The van der Waals surface area contributed by atoms with Gasteiger partial charge in [0.2, 0.25) is 0 Å². The van der Waals surface area contributed by atoms with Gasteiger partial charge in [-0.15, -0.1) is 11.3 Å². The number of anilines is 1. The summed E-state index contributed by atoms with van der Waals surface area (Å²) in [7, 11) is 0. The third kappa shape index (κ3) is 3.31. The number of nitrogens with zero attached hydrogens (tertiary/aromatic N) is 3. The number of carbonyl (C=O) groups is 1. The lowest BCUT2D eigenvalue weighted by molar-refractivity contribution is 0.0767. The molecule has 1 amide bonds. The molecule has 1 fully saturated rings. The van der Waals surface area contributed by atoms with Gasteiger partial charge in [-0.3, -0.25) is 4.79 Å². The van der Waals surface area contributed by atoms with Gasteiger partial charge in [-0.1, -0.05) is 18.2 Å². The third-order valence-corrected chi connectivity index (χ3v) is 5.93. The molecule has 0 atom stereocenters. The minimum atomic E-state index is 0.115. The van der Waals surface area contributed by atoms with Crippen LogP contribution in [0.4, 0.5) is 5.69 Å². The van der Waals surface area contributed by atoms with Gasteiger partial charge in [0.15, 0.2) is 0 Å². The summed E-state index contributed by atoms with van der Waals surface area (Å²) in [5.74, 6) is 0.115. The number of benzene rings is 2. The van der Waals surface area contributed by atoms with Crippen LogP contribution in [0.5, 0.6) is 0 Å². The van der Waals surface area contributed by atoms with Crippen LogP contribution < -0.4 is 4.90 Å². The van der Waals surface area contributed by atoms with Crippen LogP contribution in [0.15, 0.2) is 42.5 Å². The number of para-hydroxylation sites is 1. The van der Waals surface area contributed by atoms with Crippen molar-refractivity contribution in [2.45, 2.75) is 20.3 Å². The zero-order chi connectivity index (χ0) is 18.1. The van der Waals surface area contributed by atoms with Crippen LogP contribution >= 0.6 is 11.3 Å². The van der Waals surface area contributed by atoms with Gasteiger partial charge in [-0.05, 0) is 50.1 Å². The first-order chi connectivity index (χ1) is 12.6. The van der Waals surface area contributed by atoms with Gasteiger partial charge in [-0.25, -0.2) is 4.98 Å². The van der Waals surface area contributed by atoms with Gasteiger partial charge in [-0.2, -0.15) is 0 Å². The Labute approximate surface area is 158 Å². The molecule has 0 saturated carbocycles. The van der Waals surface area contributed by atoms with E-state index in [1.807, 2.05) is 30.0 Å². The predicted molar refractivity (Wildman–Crippen MR) is 108 cm³/mol. The van der Waals surface area contributed by atoms with Crippen molar-refractivity contribution in [1.29, 1.82) is 0 Å². The van der Waals surface area contributed by atoms with E-state index >= 15 is 0 Å². The van der Waals surface area contributed by atoms with E-state index in [9.17, 15) is 4.79 Å². The number of amides is 1. The molecule has 1 aliphatic rings. The van der Waals surface area contributed by atoms with Gasteiger partial charge >= 0.3 is 0 Å². The Morgan fingerprint density at radius 1 is 1.04 bits per heavy atom. The van der Waals surface area contributed by atoms with Crippen LogP contribution in [0.3, 0.4) is 0 Å².